The number of anilines is 1. The molecule has 3 aromatic rings. The smallest absolute Gasteiger partial charge is 0.196 e. The first-order valence-corrected chi connectivity index (χ1v) is 11.5. The van der Waals surface area contributed by atoms with Gasteiger partial charge in [0.05, 0.1) is 12.8 Å². The van der Waals surface area contributed by atoms with Crippen LogP contribution in [-0.2, 0) is 11.4 Å². The van der Waals surface area contributed by atoms with Gasteiger partial charge in [-0.2, -0.15) is 0 Å². The number of hydrogen-bond acceptors (Lipinski definition) is 6. The van der Waals surface area contributed by atoms with Gasteiger partial charge in [0.1, 0.15) is 12.4 Å². The first-order valence-electron chi connectivity index (χ1n) is 11.5. The number of ether oxygens (including phenoxy) is 2. The third-order valence-electron chi connectivity index (χ3n) is 5.77. The number of para-hydroxylation sites is 2. The van der Waals surface area contributed by atoms with Gasteiger partial charge in [-0.15, -0.1) is 5.10 Å². The van der Waals surface area contributed by atoms with Crippen molar-refractivity contribution in [2.75, 3.05) is 12.1 Å². The van der Waals surface area contributed by atoms with Crippen molar-refractivity contribution in [2.24, 2.45) is 5.10 Å². The van der Waals surface area contributed by atoms with Crippen LogP contribution in [-0.4, -0.2) is 29.2 Å². The summed E-state index contributed by atoms with van der Waals surface area (Å²) in [5.74, 6) is 1.05. The second-order valence-electron chi connectivity index (χ2n) is 9.37. The maximum absolute atomic E-state index is 13.4. The molecule has 0 radical (unpaired) electrons. The summed E-state index contributed by atoms with van der Waals surface area (Å²) < 4.78 is 25.4. The molecule has 3 aromatic carbocycles. The van der Waals surface area contributed by atoms with Crippen molar-refractivity contribution in [3.8, 4) is 11.5 Å². The Morgan fingerprint density at radius 1 is 1.00 bits per heavy atom. The molecule has 0 fully saturated rings. The van der Waals surface area contributed by atoms with Crippen LogP contribution in [0.2, 0.25) is 0 Å². The quantitative estimate of drug-likeness (QED) is 0.424. The molecule has 0 N–H and O–H groups in total. The highest BCUT2D eigenvalue weighted by Crippen LogP contribution is 2.45. The van der Waals surface area contributed by atoms with E-state index in [2.05, 4.69) is 0 Å². The molecule has 1 atom stereocenters. The van der Waals surface area contributed by atoms with Crippen LogP contribution >= 0.6 is 0 Å². The average Bonchev–Trinajstić information content (AvgIpc) is 3.26. The minimum absolute atomic E-state index is 0.125. The topological polar surface area (TPSA) is 54.4 Å². The minimum Gasteiger partial charge on any atom is -0.493 e. The molecule has 0 aromatic heterocycles. The molecule has 0 saturated carbocycles. The van der Waals surface area contributed by atoms with Crippen molar-refractivity contribution >= 4 is 17.3 Å². The van der Waals surface area contributed by atoms with E-state index >= 15 is 0 Å². The Bertz CT molecular complexity index is 1220. The van der Waals surface area contributed by atoms with Gasteiger partial charge in [0.2, 0.25) is 0 Å². The summed E-state index contributed by atoms with van der Waals surface area (Å²) in [6.45, 7) is 7.90. The Morgan fingerprint density at radius 3 is 2.29 bits per heavy atom. The van der Waals surface area contributed by atoms with Gasteiger partial charge in [0, 0.05) is 18.0 Å². The first kappa shape index (κ1) is 24.3. The Labute approximate surface area is 205 Å². The van der Waals surface area contributed by atoms with Crippen molar-refractivity contribution in [3.63, 3.8) is 0 Å². The van der Waals surface area contributed by atoms with Gasteiger partial charge in [0.25, 0.3) is 0 Å². The molecular formula is C28H30FN3O3. The van der Waals surface area contributed by atoms with Crippen molar-refractivity contribution < 1.29 is 18.7 Å². The van der Waals surface area contributed by atoms with Gasteiger partial charge in [-0.05, 0) is 56.7 Å². The zero-order chi connectivity index (χ0) is 25.2. The van der Waals surface area contributed by atoms with Crippen molar-refractivity contribution in [3.05, 3.63) is 89.7 Å². The average molecular weight is 476 g/mol. The maximum atomic E-state index is 13.4. The lowest BCUT2D eigenvalue weighted by atomic mass is 10.00. The van der Waals surface area contributed by atoms with Gasteiger partial charge in [0.15, 0.2) is 29.3 Å². The van der Waals surface area contributed by atoms with Gasteiger partial charge in [-0.25, -0.2) is 9.40 Å². The van der Waals surface area contributed by atoms with Crippen LogP contribution in [0, 0.1) is 5.82 Å². The van der Waals surface area contributed by atoms with Crippen LogP contribution in [0.5, 0.6) is 11.5 Å². The van der Waals surface area contributed by atoms with Crippen molar-refractivity contribution in [1.82, 2.24) is 4.90 Å². The van der Waals surface area contributed by atoms with E-state index in [-0.39, 0.29) is 18.2 Å². The van der Waals surface area contributed by atoms with E-state index in [9.17, 15) is 9.18 Å². The fourth-order valence-corrected chi connectivity index (χ4v) is 4.19. The van der Waals surface area contributed by atoms with E-state index in [1.165, 1.54) is 19.1 Å². The van der Waals surface area contributed by atoms with Gasteiger partial charge in [-0.3, -0.25) is 4.79 Å². The Morgan fingerprint density at radius 2 is 1.69 bits per heavy atom. The Hall–Kier alpha value is -3.87. The van der Waals surface area contributed by atoms with Crippen molar-refractivity contribution in [1.29, 1.82) is 0 Å². The highest BCUT2D eigenvalue weighted by atomic mass is 19.1. The van der Waals surface area contributed by atoms with E-state index in [1.807, 2.05) is 79.2 Å². The molecule has 1 aliphatic heterocycles. The van der Waals surface area contributed by atoms with Crippen LogP contribution in [0.1, 0.15) is 45.0 Å². The predicted molar refractivity (Wildman–Crippen MR) is 135 cm³/mol. The van der Waals surface area contributed by atoms with Crippen LogP contribution in [0.15, 0.2) is 77.9 Å². The number of halogens is 1. The van der Waals surface area contributed by atoms with Gasteiger partial charge in [-0.1, -0.05) is 42.5 Å². The molecule has 1 heterocycles. The second-order valence-corrected chi connectivity index (χ2v) is 9.37. The van der Waals surface area contributed by atoms with E-state index in [1.54, 1.807) is 19.2 Å². The normalized spacial score (nSPS) is 15.7. The molecule has 0 bridgehead atoms. The fraction of sp³-hybridized carbons (Fsp3) is 0.286. The number of Topliss-reactive ketones (excluding diaryl/α,β-unsaturated/α-hetero) is 1. The Balaban J connectivity index is 1.84. The summed E-state index contributed by atoms with van der Waals surface area (Å²) in [5, 5.41) is 6.63. The van der Waals surface area contributed by atoms with Crippen molar-refractivity contribution in [2.45, 2.75) is 46.0 Å². The summed E-state index contributed by atoms with van der Waals surface area (Å²) in [5.41, 5.74) is 2.03. The SMILES string of the molecule is COc1cccc([C@H]2N(c3ccccc3)N=C(C(C)=O)N2C(C)(C)C)c1OCc1ccc(F)cc1. The molecule has 182 valence electrons. The van der Waals surface area contributed by atoms with Crippen LogP contribution in [0.4, 0.5) is 10.1 Å². The molecule has 6 nitrogen and oxygen atoms in total. The number of benzene rings is 3. The molecule has 0 aliphatic carbocycles. The molecule has 35 heavy (non-hydrogen) atoms. The van der Waals surface area contributed by atoms with Crippen LogP contribution < -0.4 is 14.5 Å². The number of hydrazone groups is 1. The fourth-order valence-electron chi connectivity index (χ4n) is 4.19. The third kappa shape index (κ3) is 4.99. The molecule has 0 spiro atoms. The molecule has 4 rings (SSSR count). The molecular weight excluding hydrogens is 445 g/mol. The standard InChI is InChI=1S/C28H30FN3O3/c1-19(33)26-30-32(22-10-7-6-8-11-22)27(31(26)28(2,3)4)23-12-9-13-24(34-5)25(23)35-18-20-14-16-21(29)17-15-20/h6-17,27H,18H2,1-5H3/t27-/m1/s1. The van der Waals surface area contributed by atoms with E-state index in [0.717, 1.165) is 16.8 Å². The lowest BCUT2D eigenvalue weighted by molar-refractivity contribution is -0.112. The summed E-state index contributed by atoms with van der Waals surface area (Å²) in [6.07, 6.45) is -0.463. The van der Waals surface area contributed by atoms with E-state index < -0.39 is 11.7 Å². The minimum atomic E-state index is -0.463. The maximum Gasteiger partial charge on any atom is 0.196 e. The number of nitrogens with zero attached hydrogens (tertiary/aromatic N) is 3. The highest BCUT2D eigenvalue weighted by Gasteiger charge is 2.45. The molecule has 0 saturated heterocycles. The monoisotopic (exact) mass is 475 g/mol. The third-order valence-corrected chi connectivity index (χ3v) is 5.77. The number of carbonyl (C=O) groups is 1. The summed E-state index contributed by atoms with van der Waals surface area (Å²) in [6, 6.07) is 21.6. The lowest BCUT2D eigenvalue weighted by Crippen LogP contribution is -2.49. The molecule has 7 heteroatoms. The number of amidine groups is 1. The molecule has 1 aliphatic rings. The molecule has 0 amide bonds. The summed E-state index contributed by atoms with van der Waals surface area (Å²) in [7, 11) is 1.59. The number of ketones is 1. The van der Waals surface area contributed by atoms with Gasteiger partial charge >= 0.3 is 0 Å². The highest BCUT2D eigenvalue weighted by molar-refractivity contribution is 6.38. The van der Waals surface area contributed by atoms with Gasteiger partial charge < -0.3 is 14.4 Å². The number of carbonyl (C=O) groups excluding carboxylic acids is 1. The second kappa shape index (κ2) is 9.78. The zero-order valence-corrected chi connectivity index (χ0v) is 20.7. The largest absolute Gasteiger partial charge is 0.493 e. The molecule has 0 unspecified atom stereocenters. The number of methoxy groups -OCH3 is 1. The van der Waals surface area contributed by atoms with Crippen LogP contribution in [0.25, 0.3) is 0 Å². The lowest BCUT2D eigenvalue weighted by Gasteiger charge is -2.41. The Kier molecular flexibility index (Phi) is 6.78. The summed E-state index contributed by atoms with van der Waals surface area (Å²) >= 11 is 0. The first-order chi connectivity index (χ1) is 16.7. The zero-order valence-electron chi connectivity index (χ0n) is 20.7. The summed E-state index contributed by atoms with van der Waals surface area (Å²) in [4.78, 5) is 14.7. The van der Waals surface area contributed by atoms with E-state index in [4.69, 9.17) is 14.6 Å². The predicted octanol–water partition coefficient (Wildman–Crippen LogP) is 5.94. The number of rotatable bonds is 7. The van der Waals surface area contributed by atoms with Crippen LogP contribution in [0.3, 0.4) is 0 Å². The number of hydrogen-bond donors (Lipinski definition) is 0. The van der Waals surface area contributed by atoms with E-state index in [0.29, 0.717) is 17.3 Å².